The lowest BCUT2D eigenvalue weighted by molar-refractivity contribution is 0.102. The van der Waals surface area contributed by atoms with E-state index in [1.165, 1.54) is 5.56 Å². The van der Waals surface area contributed by atoms with E-state index in [0.717, 1.165) is 23.0 Å². The van der Waals surface area contributed by atoms with Gasteiger partial charge < -0.3 is 10.3 Å². The highest BCUT2D eigenvalue weighted by molar-refractivity contribution is 6.12. The highest BCUT2D eigenvalue weighted by Gasteiger charge is 2.11. The molecule has 3 rings (SSSR count). The lowest BCUT2D eigenvalue weighted by Gasteiger charge is -2.06. The minimum Gasteiger partial charge on any atom is -0.360 e. The summed E-state index contributed by atoms with van der Waals surface area (Å²) in [5, 5.41) is 3.89. The summed E-state index contributed by atoms with van der Waals surface area (Å²) in [5.41, 5.74) is 3.68. The van der Waals surface area contributed by atoms with Crippen molar-refractivity contribution in [2.75, 3.05) is 5.32 Å². The van der Waals surface area contributed by atoms with Gasteiger partial charge in [-0.05, 0) is 30.2 Å². The highest BCUT2D eigenvalue weighted by Crippen LogP contribution is 2.19. The Balaban J connectivity index is 1.89. The smallest absolute Gasteiger partial charge is 0.257 e. The first-order chi connectivity index (χ1) is 9.78. The van der Waals surface area contributed by atoms with Gasteiger partial charge in [-0.3, -0.25) is 4.79 Å². The van der Waals surface area contributed by atoms with Gasteiger partial charge in [-0.15, -0.1) is 0 Å². The molecule has 0 unspecified atom stereocenters. The Morgan fingerprint density at radius 3 is 2.85 bits per heavy atom. The minimum atomic E-state index is -0.0873. The SMILES string of the molecule is CCc1cccc(NC(=O)c2c[nH]c3ccccc23)c1. The minimum absolute atomic E-state index is 0.0873. The number of anilines is 1. The molecule has 2 N–H and O–H groups in total. The summed E-state index contributed by atoms with van der Waals surface area (Å²) >= 11 is 0. The molecule has 0 spiro atoms. The molecule has 0 saturated carbocycles. The molecule has 20 heavy (non-hydrogen) atoms. The number of hydrogen-bond acceptors (Lipinski definition) is 1. The van der Waals surface area contributed by atoms with Gasteiger partial charge >= 0.3 is 0 Å². The Morgan fingerprint density at radius 2 is 2.00 bits per heavy atom. The molecule has 3 aromatic rings. The number of para-hydroxylation sites is 1. The van der Waals surface area contributed by atoms with E-state index in [4.69, 9.17) is 0 Å². The second kappa shape index (κ2) is 5.21. The maximum atomic E-state index is 12.4. The summed E-state index contributed by atoms with van der Waals surface area (Å²) in [4.78, 5) is 15.5. The lowest BCUT2D eigenvalue weighted by Crippen LogP contribution is -2.11. The Kier molecular flexibility index (Phi) is 3.25. The summed E-state index contributed by atoms with van der Waals surface area (Å²) in [6, 6.07) is 15.7. The van der Waals surface area contributed by atoms with Crippen LogP contribution in [0.1, 0.15) is 22.8 Å². The molecule has 1 amide bonds. The van der Waals surface area contributed by atoms with E-state index in [1.807, 2.05) is 42.5 Å². The molecular formula is C17H16N2O. The van der Waals surface area contributed by atoms with Gasteiger partial charge in [-0.1, -0.05) is 37.3 Å². The fraction of sp³-hybridized carbons (Fsp3) is 0.118. The number of fused-ring (bicyclic) bond motifs is 1. The first kappa shape index (κ1) is 12.5. The van der Waals surface area contributed by atoms with Crippen molar-refractivity contribution in [3.05, 3.63) is 65.9 Å². The van der Waals surface area contributed by atoms with Gasteiger partial charge in [-0.25, -0.2) is 0 Å². The molecule has 0 saturated heterocycles. The van der Waals surface area contributed by atoms with Crippen molar-refractivity contribution in [1.82, 2.24) is 4.98 Å². The Bertz CT molecular complexity index is 758. The number of hydrogen-bond donors (Lipinski definition) is 2. The van der Waals surface area contributed by atoms with E-state index in [9.17, 15) is 4.79 Å². The Morgan fingerprint density at radius 1 is 1.15 bits per heavy atom. The molecular weight excluding hydrogens is 248 g/mol. The molecule has 2 aromatic carbocycles. The van der Waals surface area contributed by atoms with Gasteiger partial charge in [-0.2, -0.15) is 0 Å². The van der Waals surface area contributed by atoms with Gasteiger partial charge in [0.1, 0.15) is 0 Å². The lowest BCUT2D eigenvalue weighted by atomic mass is 10.1. The van der Waals surface area contributed by atoms with E-state index in [-0.39, 0.29) is 5.91 Å². The van der Waals surface area contributed by atoms with Crippen LogP contribution in [0.5, 0.6) is 0 Å². The number of aromatic nitrogens is 1. The Hall–Kier alpha value is -2.55. The summed E-state index contributed by atoms with van der Waals surface area (Å²) in [5.74, 6) is -0.0873. The van der Waals surface area contributed by atoms with E-state index in [1.54, 1.807) is 6.20 Å². The normalized spacial score (nSPS) is 10.7. The van der Waals surface area contributed by atoms with Crippen molar-refractivity contribution in [2.45, 2.75) is 13.3 Å². The van der Waals surface area contributed by atoms with Crippen LogP contribution in [0.4, 0.5) is 5.69 Å². The molecule has 0 radical (unpaired) electrons. The predicted octanol–water partition coefficient (Wildman–Crippen LogP) is 3.98. The van der Waals surface area contributed by atoms with Crippen LogP contribution in [0.25, 0.3) is 10.9 Å². The average Bonchev–Trinajstić information content (AvgIpc) is 2.91. The molecule has 0 aliphatic carbocycles. The van der Waals surface area contributed by atoms with Crippen molar-refractivity contribution < 1.29 is 4.79 Å². The Labute approximate surface area is 117 Å². The van der Waals surface area contributed by atoms with Crippen LogP contribution in [-0.2, 0) is 6.42 Å². The van der Waals surface area contributed by atoms with Gasteiger partial charge in [0.25, 0.3) is 5.91 Å². The van der Waals surface area contributed by atoms with Crippen molar-refractivity contribution in [2.24, 2.45) is 0 Å². The van der Waals surface area contributed by atoms with Gasteiger partial charge in [0.05, 0.1) is 5.56 Å². The van der Waals surface area contributed by atoms with Crippen LogP contribution in [-0.4, -0.2) is 10.9 Å². The maximum absolute atomic E-state index is 12.4. The largest absolute Gasteiger partial charge is 0.360 e. The maximum Gasteiger partial charge on any atom is 0.257 e. The van der Waals surface area contributed by atoms with Crippen LogP contribution in [0.2, 0.25) is 0 Å². The molecule has 0 aliphatic rings. The molecule has 1 heterocycles. The summed E-state index contributed by atoms with van der Waals surface area (Å²) in [6.45, 7) is 2.10. The van der Waals surface area contributed by atoms with Crippen molar-refractivity contribution in [3.8, 4) is 0 Å². The first-order valence-corrected chi connectivity index (χ1v) is 6.74. The predicted molar refractivity (Wildman–Crippen MR) is 82.1 cm³/mol. The fourth-order valence-electron chi connectivity index (χ4n) is 2.33. The number of aryl methyl sites for hydroxylation is 1. The zero-order valence-electron chi connectivity index (χ0n) is 11.3. The number of benzene rings is 2. The fourth-order valence-corrected chi connectivity index (χ4v) is 2.33. The van der Waals surface area contributed by atoms with Crippen molar-refractivity contribution in [3.63, 3.8) is 0 Å². The van der Waals surface area contributed by atoms with E-state index in [2.05, 4.69) is 23.3 Å². The molecule has 1 aromatic heterocycles. The van der Waals surface area contributed by atoms with Crippen molar-refractivity contribution >= 4 is 22.5 Å². The number of carbonyl (C=O) groups excluding carboxylic acids is 1. The molecule has 3 nitrogen and oxygen atoms in total. The van der Waals surface area contributed by atoms with Gasteiger partial charge in [0, 0.05) is 22.8 Å². The summed E-state index contributed by atoms with van der Waals surface area (Å²) in [6.07, 6.45) is 2.71. The van der Waals surface area contributed by atoms with Gasteiger partial charge in [0.2, 0.25) is 0 Å². The number of nitrogens with one attached hydrogen (secondary N) is 2. The first-order valence-electron chi connectivity index (χ1n) is 6.74. The van der Waals surface area contributed by atoms with E-state index < -0.39 is 0 Å². The summed E-state index contributed by atoms with van der Waals surface area (Å²) in [7, 11) is 0. The quantitative estimate of drug-likeness (QED) is 0.738. The molecule has 0 atom stereocenters. The topological polar surface area (TPSA) is 44.9 Å². The number of carbonyl (C=O) groups is 1. The summed E-state index contributed by atoms with van der Waals surface area (Å²) < 4.78 is 0. The van der Waals surface area contributed by atoms with Crippen LogP contribution in [0.3, 0.4) is 0 Å². The average molecular weight is 264 g/mol. The van der Waals surface area contributed by atoms with Crippen molar-refractivity contribution in [1.29, 1.82) is 0 Å². The van der Waals surface area contributed by atoms with Gasteiger partial charge in [0.15, 0.2) is 0 Å². The third-order valence-electron chi connectivity index (χ3n) is 3.43. The molecule has 100 valence electrons. The molecule has 0 bridgehead atoms. The second-order valence-electron chi connectivity index (χ2n) is 4.76. The zero-order valence-corrected chi connectivity index (χ0v) is 11.3. The van der Waals surface area contributed by atoms with E-state index >= 15 is 0 Å². The monoisotopic (exact) mass is 264 g/mol. The number of H-pyrrole nitrogens is 1. The third-order valence-corrected chi connectivity index (χ3v) is 3.43. The van der Waals surface area contributed by atoms with E-state index in [0.29, 0.717) is 5.56 Å². The van der Waals surface area contributed by atoms with Crippen LogP contribution in [0, 0.1) is 0 Å². The standard InChI is InChI=1S/C17H16N2O/c1-2-12-6-5-7-13(10-12)19-17(20)15-11-18-16-9-4-3-8-14(15)16/h3-11,18H,2H2,1H3,(H,19,20). The number of amides is 1. The second-order valence-corrected chi connectivity index (χ2v) is 4.76. The molecule has 3 heteroatoms. The number of aromatic amines is 1. The van der Waals surface area contributed by atoms with Crippen LogP contribution in [0.15, 0.2) is 54.7 Å². The zero-order chi connectivity index (χ0) is 13.9. The number of rotatable bonds is 3. The molecule has 0 fully saturated rings. The van der Waals surface area contributed by atoms with Crippen LogP contribution < -0.4 is 5.32 Å². The molecule has 0 aliphatic heterocycles. The van der Waals surface area contributed by atoms with Crippen LogP contribution >= 0.6 is 0 Å². The third kappa shape index (κ3) is 2.30. The highest BCUT2D eigenvalue weighted by atomic mass is 16.1.